The Labute approximate surface area is 171 Å². The number of nitrogens with zero attached hydrogens (tertiary/aromatic N) is 3. The molecule has 29 heavy (non-hydrogen) atoms. The third-order valence-electron chi connectivity index (χ3n) is 4.78. The highest BCUT2D eigenvalue weighted by molar-refractivity contribution is 5.88. The zero-order valence-electron chi connectivity index (χ0n) is 16.8. The summed E-state index contributed by atoms with van der Waals surface area (Å²) in [4.78, 5) is 14.7. The summed E-state index contributed by atoms with van der Waals surface area (Å²) in [5, 5.41) is 3.31. The second kappa shape index (κ2) is 8.23. The maximum atomic E-state index is 5.02. The van der Waals surface area contributed by atoms with Gasteiger partial charge in [-0.3, -0.25) is 0 Å². The summed E-state index contributed by atoms with van der Waals surface area (Å²) in [6, 6.07) is 22.3. The highest BCUT2D eigenvalue weighted by Gasteiger charge is 2.15. The lowest BCUT2D eigenvalue weighted by Crippen LogP contribution is -2.03. The highest BCUT2D eigenvalue weighted by atomic mass is 15.0. The Kier molecular flexibility index (Phi) is 5.34. The van der Waals surface area contributed by atoms with Crippen molar-refractivity contribution in [3.05, 3.63) is 84.7 Å². The number of anilines is 1. The van der Waals surface area contributed by atoms with Crippen LogP contribution in [0.1, 0.15) is 25.5 Å². The molecule has 2 heterocycles. The number of allylic oxidation sites excluding steroid dienone is 1. The van der Waals surface area contributed by atoms with Gasteiger partial charge in [0.25, 0.3) is 0 Å². The van der Waals surface area contributed by atoms with Gasteiger partial charge in [0, 0.05) is 22.9 Å². The van der Waals surface area contributed by atoms with Crippen LogP contribution in [0, 0.1) is 6.92 Å². The Bertz CT molecular complexity index is 1150. The number of hydrogen-bond acceptors (Lipinski definition) is 4. The summed E-state index contributed by atoms with van der Waals surface area (Å²) >= 11 is 0. The molecule has 4 nitrogen and oxygen atoms in total. The number of benzene rings is 2. The average Bonchev–Trinajstić information content (AvgIpc) is 2.74. The summed E-state index contributed by atoms with van der Waals surface area (Å²) in [7, 11) is 0. The Morgan fingerprint density at radius 2 is 1.45 bits per heavy atom. The SMILES string of the molecule is C=C(CCC)Nc1cc2nc(-c3ccccc3)c(-c3ccccc3)nc2c(C)n1. The molecule has 0 unspecified atom stereocenters. The topological polar surface area (TPSA) is 50.7 Å². The lowest BCUT2D eigenvalue weighted by molar-refractivity contribution is 0.910. The summed E-state index contributed by atoms with van der Waals surface area (Å²) in [5.74, 6) is 0.759. The van der Waals surface area contributed by atoms with E-state index < -0.39 is 0 Å². The number of nitrogens with one attached hydrogen (secondary N) is 1. The molecule has 0 aliphatic carbocycles. The number of aryl methyl sites for hydroxylation is 1. The maximum Gasteiger partial charge on any atom is 0.132 e. The zero-order valence-corrected chi connectivity index (χ0v) is 16.8. The molecule has 0 saturated carbocycles. The fourth-order valence-corrected chi connectivity index (χ4v) is 3.41. The van der Waals surface area contributed by atoms with E-state index in [1.54, 1.807) is 0 Å². The summed E-state index contributed by atoms with van der Waals surface area (Å²) < 4.78 is 0. The molecule has 144 valence electrons. The fraction of sp³-hybridized carbons (Fsp3) is 0.160. The molecule has 0 radical (unpaired) electrons. The average molecular weight is 380 g/mol. The molecular weight excluding hydrogens is 356 g/mol. The first kappa shape index (κ1) is 18.8. The van der Waals surface area contributed by atoms with Gasteiger partial charge >= 0.3 is 0 Å². The Morgan fingerprint density at radius 1 is 0.862 bits per heavy atom. The van der Waals surface area contributed by atoms with E-state index in [0.717, 1.165) is 63.6 Å². The Morgan fingerprint density at radius 3 is 2.03 bits per heavy atom. The van der Waals surface area contributed by atoms with Crippen LogP contribution in [0.4, 0.5) is 5.82 Å². The van der Waals surface area contributed by atoms with Crippen LogP contribution in [0.25, 0.3) is 33.5 Å². The van der Waals surface area contributed by atoms with Crippen LogP contribution in [-0.4, -0.2) is 15.0 Å². The molecule has 0 aliphatic rings. The van der Waals surface area contributed by atoms with Crippen LogP contribution >= 0.6 is 0 Å². The van der Waals surface area contributed by atoms with E-state index in [-0.39, 0.29) is 0 Å². The molecule has 0 aliphatic heterocycles. The summed E-state index contributed by atoms with van der Waals surface area (Å²) in [6.45, 7) is 8.19. The van der Waals surface area contributed by atoms with E-state index >= 15 is 0 Å². The van der Waals surface area contributed by atoms with E-state index in [4.69, 9.17) is 9.97 Å². The first-order chi connectivity index (χ1) is 14.2. The number of hydrogen-bond donors (Lipinski definition) is 1. The van der Waals surface area contributed by atoms with Gasteiger partial charge in [-0.25, -0.2) is 15.0 Å². The van der Waals surface area contributed by atoms with Crippen molar-refractivity contribution in [1.29, 1.82) is 0 Å². The smallest absolute Gasteiger partial charge is 0.132 e. The van der Waals surface area contributed by atoms with Gasteiger partial charge in [0.05, 0.1) is 22.6 Å². The van der Waals surface area contributed by atoms with Gasteiger partial charge in [0.2, 0.25) is 0 Å². The van der Waals surface area contributed by atoms with Gasteiger partial charge in [0.15, 0.2) is 0 Å². The normalized spacial score (nSPS) is 10.8. The van der Waals surface area contributed by atoms with Crippen molar-refractivity contribution in [3.63, 3.8) is 0 Å². The monoisotopic (exact) mass is 380 g/mol. The molecule has 2 aromatic heterocycles. The molecule has 0 saturated heterocycles. The largest absolute Gasteiger partial charge is 0.344 e. The van der Waals surface area contributed by atoms with Crippen molar-refractivity contribution in [2.24, 2.45) is 0 Å². The maximum absolute atomic E-state index is 5.02. The molecular formula is C25H24N4. The van der Waals surface area contributed by atoms with Crippen molar-refractivity contribution in [1.82, 2.24) is 15.0 Å². The minimum atomic E-state index is 0.759. The molecule has 0 fully saturated rings. The minimum Gasteiger partial charge on any atom is -0.344 e. The standard InChI is InChI=1S/C25H24N4/c1-4-11-17(2)26-22-16-21-23(18(3)27-22)29-25(20-14-9-6-10-15-20)24(28-21)19-12-7-5-8-13-19/h5-10,12-16H,2,4,11H2,1,3H3,(H,26,27). The third-order valence-corrected chi connectivity index (χ3v) is 4.78. The van der Waals surface area contributed by atoms with Crippen LogP contribution in [0.15, 0.2) is 79.0 Å². The Balaban J connectivity index is 1.91. The van der Waals surface area contributed by atoms with E-state index in [9.17, 15) is 0 Å². The molecule has 0 bridgehead atoms. The molecule has 0 amide bonds. The zero-order chi connectivity index (χ0) is 20.2. The van der Waals surface area contributed by atoms with Crippen LogP contribution in [0.2, 0.25) is 0 Å². The number of rotatable bonds is 6. The fourth-order valence-electron chi connectivity index (χ4n) is 3.41. The number of pyridine rings is 1. The lowest BCUT2D eigenvalue weighted by atomic mass is 10.0. The second-order valence-electron chi connectivity index (χ2n) is 7.09. The highest BCUT2D eigenvalue weighted by Crippen LogP contribution is 2.32. The van der Waals surface area contributed by atoms with Gasteiger partial charge in [0.1, 0.15) is 11.3 Å². The van der Waals surface area contributed by atoms with Crippen LogP contribution in [-0.2, 0) is 0 Å². The minimum absolute atomic E-state index is 0.759. The summed E-state index contributed by atoms with van der Waals surface area (Å²) in [5.41, 5.74) is 7.25. The van der Waals surface area contributed by atoms with Crippen molar-refractivity contribution < 1.29 is 0 Å². The van der Waals surface area contributed by atoms with Crippen molar-refractivity contribution in [3.8, 4) is 22.5 Å². The summed E-state index contributed by atoms with van der Waals surface area (Å²) in [6.07, 6.45) is 1.95. The van der Waals surface area contributed by atoms with Gasteiger partial charge in [-0.05, 0) is 13.3 Å². The van der Waals surface area contributed by atoms with E-state index in [1.807, 2.05) is 49.4 Å². The third kappa shape index (κ3) is 4.02. The predicted molar refractivity (Wildman–Crippen MR) is 121 cm³/mol. The molecule has 0 atom stereocenters. The van der Waals surface area contributed by atoms with E-state index in [1.165, 1.54) is 0 Å². The first-order valence-electron chi connectivity index (χ1n) is 9.90. The van der Waals surface area contributed by atoms with Crippen LogP contribution in [0.5, 0.6) is 0 Å². The Hall–Kier alpha value is -3.53. The number of fused-ring (bicyclic) bond motifs is 1. The van der Waals surface area contributed by atoms with Crippen LogP contribution in [0.3, 0.4) is 0 Å². The van der Waals surface area contributed by atoms with Gasteiger partial charge in [-0.1, -0.05) is 80.6 Å². The number of aromatic nitrogens is 3. The van der Waals surface area contributed by atoms with Crippen LogP contribution < -0.4 is 5.32 Å². The lowest BCUT2D eigenvalue weighted by Gasteiger charge is -2.14. The van der Waals surface area contributed by atoms with E-state index in [2.05, 4.69) is 48.1 Å². The van der Waals surface area contributed by atoms with Crippen molar-refractivity contribution in [2.45, 2.75) is 26.7 Å². The molecule has 4 heteroatoms. The van der Waals surface area contributed by atoms with Crippen molar-refractivity contribution in [2.75, 3.05) is 5.32 Å². The molecule has 4 aromatic rings. The quantitative estimate of drug-likeness (QED) is 0.421. The molecule has 1 N–H and O–H groups in total. The first-order valence-corrected chi connectivity index (χ1v) is 9.90. The van der Waals surface area contributed by atoms with Gasteiger partial charge in [-0.2, -0.15) is 0 Å². The predicted octanol–water partition coefficient (Wildman–Crippen LogP) is 6.39. The van der Waals surface area contributed by atoms with Gasteiger partial charge < -0.3 is 5.32 Å². The van der Waals surface area contributed by atoms with E-state index in [0.29, 0.717) is 0 Å². The van der Waals surface area contributed by atoms with Gasteiger partial charge in [-0.15, -0.1) is 0 Å². The molecule has 4 rings (SSSR count). The molecule has 2 aromatic carbocycles. The van der Waals surface area contributed by atoms with Crippen molar-refractivity contribution >= 4 is 16.9 Å². The molecule has 0 spiro atoms. The second-order valence-corrected chi connectivity index (χ2v) is 7.09.